The van der Waals surface area contributed by atoms with E-state index < -0.39 is 0 Å². The van der Waals surface area contributed by atoms with Gasteiger partial charge in [0.05, 0.1) is 11.2 Å². The first-order valence-electron chi connectivity index (χ1n) is 5.87. The van der Waals surface area contributed by atoms with E-state index in [0.717, 1.165) is 21.0 Å². The van der Waals surface area contributed by atoms with Crippen LogP contribution >= 0.6 is 11.3 Å². The third-order valence-corrected chi connectivity index (χ3v) is 4.31. The molecule has 0 saturated carbocycles. The summed E-state index contributed by atoms with van der Waals surface area (Å²) in [6, 6.07) is 7.87. The van der Waals surface area contributed by atoms with E-state index in [9.17, 15) is 4.79 Å². The van der Waals surface area contributed by atoms with Crippen molar-refractivity contribution in [3.63, 3.8) is 0 Å². The number of amides is 1. The highest BCUT2D eigenvalue weighted by Crippen LogP contribution is 2.37. The van der Waals surface area contributed by atoms with Crippen LogP contribution < -0.4 is 5.73 Å². The lowest BCUT2D eigenvalue weighted by Gasteiger charge is -2.08. The van der Waals surface area contributed by atoms with Crippen LogP contribution in [0.15, 0.2) is 30.5 Å². The number of carbonyl (C=O) groups is 1. The number of aromatic nitrogens is 1. The van der Waals surface area contributed by atoms with E-state index in [1.54, 1.807) is 20.3 Å². The number of nitrogens with zero attached hydrogens (tertiary/aromatic N) is 2. The highest BCUT2D eigenvalue weighted by Gasteiger charge is 2.19. The number of para-hydroxylation sites is 1. The largest absolute Gasteiger partial charge is 0.397 e. The maximum Gasteiger partial charge on any atom is 0.265 e. The average Bonchev–Trinajstić information content (AvgIpc) is 2.75. The Morgan fingerprint density at radius 1 is 1.26 bits per heavy atom. The van der Waals surface area contributed by atoms with Gasteiger partial charge in [0, 0.05) is 35.8 Å². The van der Waals surface area contributed by atoms with Gasteiger partial charge < -0.3 is 10.6 Å². The molecule has 2 heterocycles. The third kappa shape index (κ3) is 1.74. The van der Waals surface area contributed by atoms with Gasteiger partial charge in [-0.05, 0) is 6.07 Å². The average molecular weight is 271 g/mol. The van der Waals surface area contributed by atoms with Gasteiger partial charge in [0.1, 0.15) is 4.88 Å². The number of hydrogen-bond donors (Lipinski definition) is 1. The van der Waals surface area contributed by atoms with Crippen LogP contribution in [0.5, 0.6) is 0 Å². The number of hydrogen-bond acceptors (Lipinski definition) is 4. The van der Waals surface area contributed by atoms with Crippen LogP contribution in [-0.2, 0) is 0 Å². The second kappa shape index (κ2) is 4.20. The highest BCUT2D eigenvalue weighted by molar-refractivity contribution is 7.22. The Morgan fingerprint density at radius 3 is 2.74 bits per heavy atom. The Balaban J connectivity index is 2.37. The minimum Gasteiger partial charge on any atom is -0.397 e. The van der Waals surface area contributed by atoms with Gasteiger partial charge in [-0.15, -0.1) is 11.3 Å². The van der Waals surface area contributed by atoms with Crippen LogP contribution in [0, 0.1) is 0 Å². The first-order valence-corrected chi connectivity index (χ1v) is 6.68. The highest BCUT2D eigenvalue weighted by atomic mass is 32.1. The van der Waals surface area contributed by atoms with E-state index in [-0.39, 0.29) is 5.91 Å². The SMILES string of the molecule is CN(C)C(=O)c1sc2c(cnc3ccccc32)c1N. The van der Waals surface area contributed by atoms with Crippen LogP contribution in [0.1, 0.15) is 9.67 Å². The third-order valence-electron chi connectivity index (χ3n) is 3.07. The van der Waals surface area contributed by atoms with Crippen molar-refractivity contribution in [2.24, 2.45) is 0 Å². The number of rotatable bonds is 1. The molecule has 0 saturated heterocycles. The Hall–Kier alpha value is -2.14. The number of pyridine rings is 1. The second-order valence-corrected chi connectivity index (χ2v) is 5.58. The number of anilines is 1. The lowest BCUT2D eigenvalue weighted by atomic mass is 10.1. The summed E-state index contributed by atoms with van der Waals surface area (Å²) in [6.45, 7) is 0. The molecule has 0 spiro atoms. The summed E-state index contributed by atoms with van der Waals surface area (Å²) < 4.78 is 1.02. The van der Waals surface area contributed by atoms with E-state index in [1.165, 1.54) is 16.2 Å². The standard InChI is InChI=1S/C14H13N3OS/c1-17(2)14(18)13-11(15)9-7-16-10-6-4-3-5-8(10)12(9)19-13/h3-7H,15H2,1-2H3. The molecule has 1 aromatic carbocycles. The number of benzene rings is 1. The molecule has 0 fully saturated rings. The Bertz CT molecular complexity index is 792. The van der Waals surface area contributed by atoms with Gasteiger partial charge in [-0.1, -0.05) is 18.2 Å². The molecule has 0 radical (unpaired) electrons. The van der Waals surface area contributed by atoms with Crippen molar-refractivity contribution in [3.8, 4) is 0 Å². The van der Waals surface area contributed by atoms with Gasteiger partial charge in [0.15, 0.2) is 0 Å². The van der Waals surface area contributed by atoms with Gasteiger partial charge in [-0.3, -0.25) is 9.78 Å². The van der Waals surface area contributed by atoms with Gasteiger partial charge in [-0.2, -0.15) is 0 Å². The van der Waals surface area contributed by atoms with Gasteiger partial charge >= 0.3 is 0 Å². The number of thiophene rings is 1. The maximum absolute atomic E-state index is 12.1. The first kappa shape index (κ1) is 11.9. The summed E-state index contributed by atoms with van der Waals surface area (Å²) in [5.41, 5.74) is 7.53. The molecule has 0 aliphatic rings. The van der Waals surface area contributed by atoms with E-state index in [1.807, 2.05) is 24.3 Å². The predicted octanol–water partition coefficient (Wildman–Crippen LogP) is 2.73. The van der Waals surface area contributed by atoms with Crippen molar-refractivity contribution >= 4 is 43.9 Å². The summed E-state index contributed by atoms with van der Waals surface area (Å²) in [6.07, 6.45) is 1.75. The van der Waals surface area contributed by atoms with Crippen LogP contribution in [0.25, 0.3) is 21.0 Å². The summed E-state index contributed by atoms with van der Waals surface area (Å²) >= 11 is 1.43. The molecule has 5 heteroatoms. The minimum atomic E-state index is -0.0669. The quantitative estimate of drug-likeness (QED) is 0.740. The molecule has 0 aliphatic carbocycles. The summed E-state index contributed by atoms with van der Waals surface area (Å²) in [7, 11) is 3.45. The molecule has 19 heavy (non-hydrogen) atoms. The number of nitrogen functional groups attached to an aromatic ring is 1. The molecule has 3 rings (SSSR count). The zero-order valence-electron chi connectivity index (χ0n) is 10.7. The van der Waals surface area contributed by atoms with Gasteiger partial charge in [-0.25, -0.2) is 0 Å². The molecule has 0 bridgehead atoms. The van der Waals surface area contributed by atoms with Crippen molar-refractivity contribution in [2.45, 2.75) is 0 Å². The molecule has 1 amide bonds. The van der Waals surface area contributed by atoms with Crippen molar-refractivity contribution < 1.29 is 4.79 Å². The summed E-state index contributed by atoms with van der Waals surface area (Å²) in [4.78, 5) is 18.6. The fraction of sp³-hybridized carbons (Fsp3) is 0.143. The zero-order valence-corrected chi connectivity index (χ0v) is 11.5. The monoisotopic (exact) mass is 271 g/mol. The van der Waals surface area contributed by atoms with E-state index >= 15 is 0 Å². The summed E-state index contributed by atoms with van der Waals surface area (Å²) in [5, 5.41) is 1.89. The van der Waals surface area contributed by atoms with Crippen molar-refractivity contribution in [2.75, 3.05) is 19.8 Å². The normalized spacial score (nSPS) is 11.1. The number of fused-ring (bicyclic) bond motifs is 3. The zero-order chi connectivity index (χ0) is 13.6. The predicted molar refractivity (Wildman–Crippen MR) is 79.6 cm³/mol. The van der Waals surface area contributed by atoms with Gasteiger partial charge in [0.2, 0.25) is 0 Å². The second-order valence-electron chi connectivity index (χ2n) is 4.56. The number of nitrogens with two attached hydrogens (primary N) is 1. The van der Waals surface area contributed by atoms with Crippen molar-refractivity contribution in [1.29, 1.82) is 0 Å². The Kier molecular flexibility index (Phi) is 2.64. The minimum absolute atomic E-state index is 0.0669. The molecular formula is C14H13N3OS. The fourth-order valence-electron chi connectivity index (χ4n) is 2.06. The molecule has 2 aromatic heterocycles. The van der Waals surface area contributed by atoms with Crippen LogP contribution in [-0.4, -0.2) is 29.9 Å². The maximum atomic E-state index is 12.1. The number of carbonyl (C=O) groups excluding carboxylic acids is 1. The van der Waals surface area contributed by atoms with Crippen LogP contribution in [0.2, 0.25) is 0 Å². The van der Waals surface area contributed by atoms with E-state index in [4.69, 9.17) is 5.73 Å². The molecule has 0 aliphatic heterocycles. The molecule has 2 N–H and O–H groups in total. The molecule has 4 nitrogen and oxygen atoms in total. The smallest absolute Gasteiger partial charge is 0.265 e. The van der Waals surface area contributed by atoms with Gasteiger partial charge in [0.25, 0.3) is 5.91 Å². The topological polar surface area (TPSA) is 59.2 Å². The van der Waals surface area contributed by atoms with Crippen molar-refractivity contribution in [1.82, 2.24) is 9.88 Å². The lowest BCUT2D eigenvalue weighted by molar-refractivity contribution is 0.0833. The molecular weight excluding hydrogens is 258 g/mol. The lowest BCUT2D eigenvalue weighted by Crippen LogP contribution is -2.21. The van der Waals surface area contributed by atoms with Crippen molar-refractivity contribution in [3.05, 3.63) is 35.3 Å². The fourth-order valence-corrected chi connectivity index (χ4v) is 3.31. The molecule has 96 valence electrons. The van der Waals surface area contributed by atoms with Crippen LogP contribution in [0.4, 0.5) is 5.69 Å². The molecule has 0 atom stereocenters. The molecule has 0 unspecified atom stereocenters. The Labute approximate surface area is 114 Å². The first-order chi connectivity index (χ1) is 9.09. The summed E-state index contributed by atoms with van der Waals surface area (Å²) in [5.74, 6) is -0.0669. The van der Waals surface area contributed by atoms with E-state index in [2.05, 4.69) is 4.98 Å². The van der Waals surface area contributed by atoms with Crippen LogP contribution in [0.3, 0.4) is 0 Å². The Morgan fingerprint density at radius 2 is 2.00 bits per heavy atom. The van der Waals surface area contributed by atoms with E-state index in [0.29, 0.717) is 10.6 Å². The molecule has 3 aromatic rings.